The molecule has 0 N–H and O–H groups in total. The Morgan fingerprint density at radius 2 is 1.65 bits per heavy atom. The van der Waals surface area contributed by atoms with Crippen LogP contribution in [0.15, 0.2) is 53.4 Å². The fraction of sp³-hybridized carbons (Fsp3) is 0.368. The van der Waals surface area contributed by atoms with Crippen LogP contribution in [-0.4, -0.2) is 58.5 Å². The van der Waals surface area contributed by atoms with E-state index in [9.17, 15) is 8.42 Å². The van der Waals surface area contributed by atoms with Crippen LogP contribution in [0.1, 0.15) is 11.6 Å². The van der Waals surface area contributed by atoms with Crippen molar-refractivity contribution < 1.29 is 17.9 Å². The Morgan fingerprint density at radius 1 is 0.962 bits per heavy atom. The van der Waals surface area contributed by atoms with E-state index in [1.807, 2.05) is 31.3 Å². The number of sulfonamides is 1. The lowest BCUT2D eigenvalue weighted by atomic mass is 10.0. The molecule has 1 heterocycles. The number of hydrogen-bond donors (Lipinski definition) is 0. The zero-order valence-electron chi connectivity index (χ0n) is 15.3. The van der Waals surface area contributed by atoms with Crippen LogP contribution in [0, 0.1) is 0 Å². The fourth-order valence-electron chi connectivity index (χ4n) is 3.16. The maximum Gasteiger partial charge on any atom is 0.243 e. The molecule has 1 saturated heterocycles. The minimum atomic E-state index is -3.57. The SMILES string of the molecule is COc1ccc([C@@H]2CN(S(=O)(=O)c3cccc(OC)c3)CCN2C)cc1. The van der Waals surface area contributed by atoms with Gasteiger partial charge in [-0.2, -0.15) is 4.31 Å². The van der Waals surface area contributed by atoms with E-state index >= 15 is 0 Å². The Bertz CT molecular complexity index is 852. The van der Waals surface area contributed by atoms with Crippen molar-refractivity contribution in [3.63, 3.8) is 0 Å². The molecule has 2 aromatic rings. The van der Waals surface area contributed by atoms with E-state index in [4.69, 9.17) is 9.47 Å². The molecular weight excluding hydrogens is 352 g/mol. The molecule has 0 radical (unpaired) electrons. The fourth-order valence-corrected chi connectivity index (χ4v) is 4.64. The van der Waals surface area contributed by atoms with Gasteiger partial charge in [0.1, 0.15) is 11.5 Å². The summed E-state index contributed by atoms with van der Waals surface area (Å²) in [7, 11) is 1.61. The largest absolute Gasteiger partial charge is 0.497 e. The molecule has 0 spiro atoms. The average molecular weight is 376 g/mol. The van der Waals surface area contributed by atoms with Crippen molar-refractivity contribution in [2.24, 2.45) is 0 Å². The zero-order valence-corrected chi connectivity index (χ0v) is 16.1. The first-order valence-corrected chi connectivity index (χ1v) is 9.88. The van der Waals surface area contributed by atoms with E-state index in [-0.39, 0.29) is 10.9 Å². The van der Waals surface area contributed by atoms with Crippen LogP contribution in [0.2, 0.25) is 0 Å². The lowest BCUT2D eigenvalue weighted by Gasteiger charge is -2.39. The molecule has 2 aromatic carbocycles. The smallest absolute Gasteiger partial charge is 0.243 e. The van der Waals surface area contributed by atoms with Crippen LogP contribution in [0.3, 0.4) is 0 Å². The van der Waals surface area contributed by atoms with E-state index in [1.165, 1.54) is 7.11 Å². The Balaban J connectivity index is 1.86. The van der Waals surface area contributed by atoms with Gasteiger partial charge in [-0.3, -0.25) is 4.90 Å². The van der Waals surface area contributed by atoms with Crippen LogP contribution in [0.25, 0.3) is 0 Å². The van der Waals surface area contributed by atoms with Crippen LogP contribution in [0.4, 0.5) is 0 Å². The zero-order chi connectivity index (χ0) is 18.7. The molecule has 1 aliphatic heterocycles. The third-order valence-corrected chi connectivity index (χ3v) is 6.65. The summed E-state index contributed by atoms with van der Waals surface area (Å²) in [4.78, 5) is 2.44. The first kappa shape index (κ1) is 18.7. The third kappa shape index (κ3) is 3.70. The summed E-state index contributed by atoms with van der Waals surface area (Å²) in [5.41, 5.74) is 1.07. The third-order valence-electron chi connectivity index (χ3n) is 4.79. The van der Waals surface area contributed by atoms with E-state index in [0.29, 0.717) is 25.4 Å². The van der Waals surface area contributed by atoms with Crippen molar-refractivity contribution in [1.82, 2.24) is 9.21 Å². The number of rotatable bonds is 5. The minimum Gasteiger partial charge on any atom is -0.497 e. The molecular formula is C19H24N2O4S. The van der Waals surface area contributed by atoms with Gasteiger partial charge in [-0.1, -0.05) is 18.2 Å². The number of piperazine rings is 1. The topological polar surface area (TPSA) is 59.1 Å². The second-order valence-electron chi connectivity index (χ2n) is 6.31. The molecule has 7 heteroatoms. The van der Waals surface area contributed by atoms with Gasteiger partial charge >= 0.3 is 0 Å². The number of hydrogen-bond acceptors (Lipinski definition) is 5. The van der Waals surface area contributed by atoms with Gasteiger partial charge in [0.15, 0.2) is 0 Å². The Morgan fingerprint density at radius 3 is 2.31 bits per heavy atom. The molecule has 6 nitrogen and oxygen atoms in total. The summed E-state index contributed by atoms with van der Waals surface area (Å²) < 4.78 is 38.1. The Labute approximate surface area is 155 Å². The van der Waals surface area contributed by atoms with Gasteiger partial charge in [0.25, 0.3) is 0 Å². The first-order valence-electron chi connectivity index (χ1n) is 8.44. The van der Waals surface area contributed by atoms with E-state index < -0.39 is 10.0 Å². The van der Waals surface area contributed by atoms with Crippen molar-refractivity contribution >= 4 is 10.0 Å². The molecule has 0 unspecified atom stereocenters. The molecule has 1 aliphatic rings. The lowest BCUT2D eigenvalue weighted by Crippen LogP contribution is -2.48. The maximum absolute atomic E-state index is 13.1. The molecule has 0 bridgehead atoms. The summed E-state index contributed by atoms with van der Waals surface area (Å²) >= 11 is 0. The average Bonchev–Trinajstić information content (AvgIpc) is 2.68. The Kier molecular flexibility index (Phi) is 5.50. The minimum absolute atomic E-state index is 0.00459. The monoisotopic (exact) mass is 376 g/mol. The van der Waals surface area contributed by atoms with Gasteiger partial charge in [-0.15, -0.1) is 0 Å². The number of likely N-dealkylation sites (N-methyl/N-ethyl adjacent to an activating group) is 1. The first-order chi connectivity index (χ1) is 12.5. The molecule has 0 aliphatic carbocycles. The molecule has 3 rings (SSSR count). The van der Waals surface area contributed by atoms with Crippen LogP contribution >= 0.6 is 0 Å². The van der Waals surface area contributed by atoms with Gasteiger partial charge in [-0.25, -0.2) is 8.42 Å². The van der Waals surface area contributed by atoms with Crippen molar-refractivity contribution in [2.45, 2.75) is 10.9 Å². The summed E-state index contributed by atoms with van der Waals surface area (Å²) in [5.74, 6) is 1.32. The van der Waals surface area contributed by atoms with E-state index in [1.54, 1.807) is 35.7 Å². The second kappa shape index (κ2) is 7.65. The number of ether oxygens (including phenoxy) is 2. The molecule has 140 valence electrons. The molecule has 0 aromatic heterocycles. The number of benzene rings is 2. The second-order valence-corrected chi connectivity index (χ2v) is 8.25. The van der Waals surface area contributed by atoms with E-state index in [0.717, 1.165) is 11.3 Å². The van der Waals surface area contributed by atoms with Gasteiger partial charge in [0.05, 0.1) is 19.1 Å². The number of nitrogens with zero attached hydrogens (tertiary/aromatic N) is 2. The summed E-state index contributed by atoms with van der Waals surface area (Å²) in [6.07, 6.45) is 0. The predicted molar refractivity (Wildman–Crippen MR) is 100 cm³/mol. The van der Waals surface area contributed by atoms with Crippen molar-refractivity contribution in [3.05, 3.63) is 54.1 Å². The highest BCUT2D eigenvalue weighted by Crippen LogP contribution is 2.29. The van der Waals surface area contributed by atoms with Crippen molar-refractivity contribution in [1.29, 1.82) is 0 Å². The maximum atomic E-state index is 13.1. The molecule has 1 atom stereocenters. The summed E-state index contributed by atoms with van der Waals surface area (Å²) in [6.45, 7) is 1.53. The number of methoxy groups -OCH3 is 2. The normalized spacial score (nSPS) is 19.3. The van der Waals surface area contributed by atoms with Gasteiger partial charge in [-0.05, 0) is 36.9 Å². The molecule has 1 fully saturated rings. The van der Waals surface area contributed by atoms with Gasteiger partial charge < -0.3 is 9.47 Å². The quantitative estimate of drug-likeness (QED) is 0.802. The molecule has 0 saturated carbocycles. The van der Waals surface area contributed by atoms with E-state index in [2.05, 4.69) is 4.90 Å². The van der Waals surface area contributed by atoms with Gasteiger partial charge in [0.2, 0.25) is 10.0 Å². The van der Waals surface area contributed by atoms with Gasteiger partial charge in [0, 0.05) is 31.7 Å². The Hall–Kier alpha value is -2.09. The highest BCUT2D eigenvalue weighted by Gasteiger charge is 2.33. The van der Waals surface area contributed by atoms with Crippen LogP contribution in [-0.2, 0) is 10.0 Å². The molecule has 0 amide bonds. The predicted octanol–water partition coefficient (Wildman–Crippen LogP) is 2.38. The van der Waals surface area contributed by atoms with Crippen LogP contribution < -0.4 is 9.47 Å². The standard InChI is InChI=1S/C19H24N2O4S/c1-20-11-12-21(14-19(20)15-7-9-16(24-2)10-8-15)26(22,23)18-6-4-5-17(13-18)25-3/h4-10,13,19H,11-12,14H2,1-3H3/t19-/m0/s1. The van der Waals surface area contributed by atoms with Crippen molar-refractivity contribution in [3.8, 4) is 11.5 Å². The highest BCUT2D eigenvalue weighted by atomic mass is 32.2. The molecule has 26 heavy (non-hydrogen) atoms. The lowest BCUT2D eigenvalue weighted by molar-refractivity contribution is 0.148. The summed E-state index contributed by atoms with van der Waals surface area (Å²) in [6, 6.07) is 14.4. The summed E-state index contributed by atoms with van der Waals surface area (Å²) in [5, 5.41) is 0. The van der Waals surface area contributed by atoms with Crippen LogP contribution in [0.5, 0.6) is 11.5 Å². The van der Waals surface area contributed by atoms with Crippen molar-refractivity contribution in [2.75, 3.05) is 40.9 Å². The highest BCUT2D eigenvalue weighted by molar-refractivity contribution is 7.89.